The van der Waals surface area contributed by atoms with Crippen molar-refractivity contribution in [2.45, 2.75) is 39.0 Å². The maximum atomic E-state index is 11.9. The van der Waals surface area contributed by atoms with Gasteiger partial charge in [0.1, 0.15) is 13.2 Å². The van der Waals surface area contributed by atoms with Crippen molar-refractivity contribution >= 4 is 5.97 Å². The van der Waals surface area contributed by atoms with E-state index in [1.807, 2.05) is 18.2 Å². The van der Waals surface area contributed by atoms with E-state index in [0.29, 0.717) is 43.5 Å². The third-order valence-electron chi connectivity index (χ3n) is 4.92. The molecule has 0 aromatic heterocycles. The Hall–Kier alpha value is -1.71. The first kappa shape index (κ1) is 14.2. The van der Waals surface area contributed by atoms with Crippen molar-refractivity contribution < 1.29 is 19.4 Å². The van der Waals surface area contributed by atoms with Gasteiger partial charge in [0, 0.05) is 0 Å². The number of aliphatic carboxylic acids is 1. The van der Waals surface area contributed by atoms with Crippen LogP contribution in [0.2, 0.25) is 0 Å². The van der Waals surface area contributed by atoms with Crippen molar-refractivity contribution in [2.75, 3.05) is 13.2 Å². The standard InChI is InChI=1S/C17H22O4/c1-16(2,3)12-9-17(10-12,15(18)19)11-4-5-13-14(8-11)21-7-6-20-13/h4-5,8,12H,6-7,9-10H2,1-3H3,(H,18,19). The van der Waals surface area contributed by atoms with Crippen molar-refractivity contribution in [3.05, 3.63) is 23.8 Å². The lowest BCUT2D eigenvalue weighted by molar-refractivity contribution is -0.152. The van der Waals surface area contributed by atoms with Gasteiger partial charge in [-0.15, -0.1) is 0 Å². The van der Waals surface area contributed by atoms with Crippen molar-refractivity contribution in [3.8, 4) is 11.5 Å². The van der Waals surface area contributed by atoms with Crippen LogP contribution in [0.25, 0.3) is 0 Å². The Balaban J connectivity index is 1.91. The molecule has 114 valence electrons. The minimum absolute atomic E-state index is 0.146. The number of hydrogen-bond donors (Lipinski definition) is 1. The van der Waals surface area contributed by atoms with Crippen LogP contribution in [0.4, 0.5) is 0 Å². The Morgan fingerprint density at radius 1 is 1.19 bits per heavy atom. The highest BCUT2D eigenvalue weighted by molar-refractivity contribution is 5.83. The first-order valence-corrected chi connectivity index (χ1v) is 7.46. The molecule has 1 fully saturated rings. The zero-order valence-corrected chi connectivity index (χ0v) is 12.8. The van der Waals surface area contributed by atoms with E-state index in [0.717, 1.165) is 5.56 Å². The summed E-state index contributed by atoms with van der Waals surface area (Å²) in [5.74, 6) is 1.07. The van der Waals surface area contributed by atoms with E-state index >= 15 is 0 Å². The van der Waals surface area contributed by atoms with Gasteiger partial charge in [-0.2, -0.15) is 0 Å². The van der Waals surface area contributed by atoms with Crippen LogP contribution < -0.4 is 9.47 Å². The normalized spacial score (nSPS) is 27.9. The maximum absolute atomic E-state index is 11.9. The van der Waals surface area contributed by atoms with Crippen LogP contribution in [0.15, 0.2) is 18.2 Å². The van der Waals surface area contributed by atoms with Crippen molar-refractivity contribution in [3.63, 3.8) is 0 Å². The summed E-state index contributed by atoms with van der Waals surface area (Å²) in [5, 5.41) is 9.75. The highest BCUT2D eigenvalue weighted by Gasteiger charge is 2.54. The molecule has 0 atom stereocenters. The molecule has 0 spiro atoms. The van der Waals surface area contributed by atoms with Gasteiger partial charge < -0.3 is 14.6 Å². The summed E-state index contributed by atoms with van der Waals surface area (Å²) in [5.41, 5.74) is 0.209. The molecule has 0 unspecified atom stereocenters. The van der Waals surface area contributed by atoms with Gasteiger partial charge in [0.15, 0.2) is 11.5 Å². The van der Waals surface area contributed by atoms with Crippen LogP contribution in [-0.2, 0) is 10.2 Å². The lowest BCUT2D eigenvalue weighted by atomic mass is 9.52. The first-order valence-electron chi connectivity index (χ1n) is 7.46. The van der Waals surface area contributed by atoms with Gasteiger partial charge in [-0.05, 0) is 41.9 Å². The minimum atomic E-state index is -0.770. The van der Waals surface area contributed by atoms with Crippen LogP contribution >= 0.6 is 0 Å². The van der Waals surface area contributed by atoms with E-state index in [2.05, 4.69) is 20.8 Å². The SMILES string of the molecule is CC(C)(C)C1CC(C(=O)O)(c2ccc3c(c2)OCCO3)C1. The van der Waals surface area contributed by atoms with E-state index in [1.54, 1.807) is 0 Å². The first-order chi connectivity index (χ1) is 9.83. The molecule has 21 heavy (non-hydrogen) atoms. The Labute approximate surface area is 125 Å². The maximum Gasteiger partial charge on any atom is 0.314 e. The molecule has 0 radical (unpaired) electrons. The number of hydrogen-bond acceptors (Lipinski definition) is 3. The molecule has 1 saturated carbocycles. The third kappa shape index (κ3) is 2.27. The number of benzene rings is 1. The predicted molar refractivity (Wildman–Crippen MR) is 78.9 cm³/mol. The zero-order valence-electron chi connectivity index (χ0n) is 12.8. The average Bonchev–Trinajstić information content (AvgIpc) is 2.35. The smallest absolute Gasteiger partial charge is 0.314 e. The molecular weight excluding hydrogens is 268 g/mol. The van der Waals surface area contributed by atoms with Gasteiger partial charge in [0.25, 0.3) is 0 Å². The lowest BCUT2D eigenvalue weighted by Gasteiger charge is -2.50. The molecule has 3 rings (SSSR count). The molecule has 1 aliphatic heterocycles. The van der Waals surface area contributed by atoms with Crippen LogP contribution in [-0.4, -0.2) is 24.3 Å². The van der Waals surface area contributed by atoms with Gasteiger partial charge in [-0.1, -0.05) is 26.8 Å². The Bertz CT molecular complexity index is 565. The minimum Gasteiger partial charge on any atom is -0.486 e. The quantitative estimate of drug-likeness (QED) is 0.908. The van der Waals surface area contributed by atoms with Crippen molar-refractivity contribution in [2.24, 2.45) is 11.3 Å². The summed E-state index contributed by atoms with van der Waals surface area (Å²) in [6, 6.07) is 5.56. The van der Waals surface area contributed by atoms with E-state index in [-0.39, 0.29) is 5.41 Å². The number of rotatable bonds is 2. The van der Waals surface area contributed by atoms with E-state index < -0.39 is 11.4 Å². The van der Waals surface area contributed by atoms with Gasteiger partial charge >= 0.3 is 5.97 Å². The number of carboxylic acids is 1. The van der Waals surface area contributed by atoms with E-state index in [4.69, 9.17) is 9.47 Å². The zero-order chi connectivity index (χ0) is 15.3. The van der Waals surface area contributed by atoms with Crippen LogP contribution in [0, 0.1) is 11.3 Å². The highest BCUT2D eigenvalue weighted by Crippen LogP contribution is 2.55. The molecule has 1 aliphatic carbocycles. The molecule has 4 heteroatoms. The molecule has 1 N–H and O–H groups in total. The summed E-state index contributed by atoms with van der Waals surface area (Å²) in [4.78, 5) is 11.9. The van der Waals surface area contributed by atoms with Crippen molar-refractivity contribution in [1.29, 1.82) is 0 Å². The molecule has 1 aromatic rings. The van der Waals surface area contributed by atoms with Crippen LogP contribution in [0.1, 0.15) is 39.2 Å². The molecular formula is C17H22O4. The third-order valence-corrected chi connectivity index (χ3v) is 4.92. The fraction of sp³-hybridized carbons (Fsp3) is 0.588. The molecule has 1 heterocycles. The molecule has 4 nitrogen and oxygen atoms in total. The highest BCUT2D eigenvalue weighted by atomic mass is 16.6. The van der Waals surface area contributed by atoms with E-state index in [1.165, 1.54) is 0 Å². The Kier molecular flexibility index (Phi) is 3.15. The van der Waals surface area contributed by atoms with Gasteiger partial charge in [-0.3, -0.25) is 4.79 Å². The fourth-order valence-corrected chi connectivity index (χ4v) is 3.27. The number of carbonyl (C=O) groups is 1. The van der Waals surface area contributed by atoms with Gasteiger partial charge in [0.2, 0.25) is 0 Å². The molecule has 0 saturated heterocycles. The average molecular weight is 290 g/mol. The Morgan fingerprint density at radius 2 is 1.81 bits per heavy atom. The lowest BCUT2D eigenvalue weighted by Crippen LogP contribution is -2.51. The van der Waals surface area contributed by atoms with Gasteiger partial charge in [-0.25, -0.2) is 0 Å². The van der Waals surface area contributed by atoms with Crippen molar-refractivity contribution in [1.82, 2.24) is 0 Å². The largest absolute Gasteiger partial charge is 0.486 e. The number of carboxylic acid groups (broad SMARTS) is 1. The Morgan fingerprint density at radius 3 is 2.38 bits per heavy atom. The van der Waals surface area contributed by atoms with Gasteiger partial charge in [0.05, 0.1) is 5.41 Å². The topological polar surface area (TPSA) is 55.8 Å². The summed E-state index contributed by atoms with van der Waals surface area (Å²) in [6.07, 6.45) is 1.37. The number of fused-ring (bicyclic) bond motifs is 1. The summed E-state index contributed by atoms with van der Waals surface area (Å²) in [6.45, 7) is 7.58. The molecule has 2 aliphatic rings. The van der Waals surface area contributed by atoms with Crippen LogP contribution in [0.3, 0.4) is 0 Å². The van der Waals surface area contributed by atoms with E-state index in [9.17, 15) is 9.90 Å². The molecule has 0 amide bonds. The second kappa shape index (κ2) is 4.65. The number of ether oxygens (including phenoxy) is 2. The predicted octanol–water partition coefficient (Wildman–Crippen LogP) is 3.24. The van der Waals surface area contributed by atoms with Crippen LogP contribution in [0.5, 0.6) is 11.5 Å². The molecule has 0 bridgehead atoms. The summed E-state index contributed by atoms with van der Waals surface area (Å²) in [7, 11) is 0. The fourth-order valence-electron chi connectivity index (χ4n) is 3.27. The second-order valence-electron chi connectivity index (χ2n) is 7.22. The summed E-state index contributed by atoms with van der Waals surface area (Å²) < 4.78 is 11.1. The molecule has 1 aromatic carbocycles. The monoisotopic (exact) mass is 290 g/mol. The summed E-state index contributed by atoms with van der Waals surface area (Å²) >= 11 is 0. The second-order valence-corrected chi connectivity index (χ2v) is 7.22.